The molecule has 1 N–H and O–H groups in total. The van der Waals surface area contributed by atoms with Gasteiger partial charge in [0.25, 0.3) is 5.91 Å². The van der Waals surface area contributed by atoms with Gasteiger partial charge in [0.1, 0.15) is 0 Å². The summed E-state index contributed by atoms with van der Waals surface area (Å²) >= 11 is 0. The van der Waals surface area contributed by atoms with E-state index < -0.39 is 11.7 Å². The van der Waals surface area contributed by atoms with Crippen LogP contribution in [0.1, 0.15) is 32.9 Å². The molecular formula is C18H18F3N5O. The van der Waals surface area contributed by atoms with Gasteiger partial charge in [-0.1, -0.05) is 12.1 Å². The normalized spacial score (nSPS) is 11.6. The zero-order valence-corrected chi connectivity index (χ0v) is 15.0. The molecule has 0 saturated heterocycles. The van der Waals surface area contributed by atoms with Crippen LogP contribution in [0.5, 0.6) is 0 Å². The van der Waals surface area contributed by atoms with Gasteiger partial charge in [0, 0.05) is 25.0 Å². The van der Waals surface area contributed by atoms with Crippen LogP contribution < -0.4 is 5.32 Å². The third-order valence-corrected chi connectivity index (χ3v) is 4.07. The number of amides is 1. The lowest BCUT2D eigenvalue weighted by Gasteiger charge is -2.09. The number of hydrogen-bond acceptors (Lipinski definition) is 3. The molecule has 0 spiro atoms. The van der Waals surface area contributed by atoms with Crippen LogP contribution in [0.3, 0.4) is 0 Å². The first-order valence-corrected chi connectivity index (χ1v) is 8.15. The second kappa shape index (κ2) is 6.90. The summed E-state index contributed by atoms with van der Waals surface area (Å²) in [5, 5.41) is 11.1. The van der Waals surface area contributed by atoms with E-state index in [0.29, 0.717) is 28.3 Å². The maximum Gasteiger partial charge on any atom is 0.416 e. The number of hydrogen-bond donors (Lipinski definition) is 1. The zero-order valence-electron chi connectivity index (χ0n) is 15.0. The maximum atomic E-state index is 12.9. The van der Waals surface area contributed by atoms with Gasteiger partial charge in [-0.25, -0.2) is 0 Å². The van der Waals surface area contributed by atoms with E-state index in [0.717, 1.165) is 12.1 Å². The first-order valence-electron chi connectivity index (χ1n) is 8.15. The van der Waals surface area contributed by atoms with E-state index in [2.05, 4.69) is 15.5 Å². The molecule has 0 aliphatic rings. The second-order valence-electron chi connectivity index (χ2n) is 6.28. The van der Waals surface area contributed by atoms with Crippen molar-refractivity contribution >= 4 is 11.7 Å². The predicted molar refractivity (Wildman–Crippen MR) is 93.4 cm³/mol. The van der Waals surface area contributed by atoms with Gasteiger partial charge in [0.15, 0.2) is 5.82 Å². The number of aryl methyl sites for hydroxylation is 3. The fourth-order valence-electron chi connectivity index (χ4n) is 2.76. The van der Waals surface area contributed by atoms with Gasteiger partial charge in [-0.05, 0) is 31.5 Å². The van der Waals surface area contributed by atoms with Crippen LogP contribution in [0.2, 0.25) is 0 Å². The molecule has 27 heavy (non-hydrogen) atoms. The Morgan fingerprint density at radius 3 is 2.56 bits per heavy atom. The van der Waals surface area contributed by atoms with E-state index in [-0.39, 0.29) is 12.5 Å². The Labute approximate surface area is 153 Å². The standard InChI is InChI=1S/C18H18F3N5O/c1-11-7-16(22-17(27)15-10-25(3)23-12(15)2)24-26(11)9-13-5-4-6-14(8-13)18(19,20)21/h4-8,10H,9H2,1-3H3,(H,22,24,27). The van der Waals surface area contributed by atoms with Gasteiger partial charge in [-0.2, -0.15) is 23.4 Å². The number of alkyl halides is 3. The van der Waals surface area contributed by atoms with E-state index in [9.17, 15) is 18.0 Å². The number of aromatic nitrogens is 4. The molecule has 3 aromatic rings. The second-order valence-corrected chi connectivity index (χ2v) is 6.28. The average molecular weight is 377 g/mol. The number of nitrogens with one attached hydrogen (secondary N) is 1. The molecule has 2 heterocycles. The molecule has 6 nitrogen and oxygen atoms in total. The van der Waals surface area contributed by atoms with Crippen molar-refractivity contribution in [2.24, 2.45) is 7.05 Å². The minimum atomic E-state index is -4.39. The SMILES string of the molecule is Cc1nn(C)cc1C(=O)Nc1cc(C)n(Cc2cccc(C(F)(F)F)c2)n1. The Balaban J connectivity index is 1.77. The number of benzene rings is 1. The molecule has 0 atom stereocenters. The van der Waals surface area contributed by atoms with Crippen molar-refractivity contribution in [2.75, 3.05) is 5.32 Å². The van der Waals surface area contributed by atoms with E-state index in [1.165, 1.54) is 6.07 Å². The highest BCUT2D eigenvalue weighted by Crippen LogP contribution is 2.29. The van der Waals surface area contributed by atoms with Crippen LogP contribution in [0, 0.1) is 13.8 Å². The number of anilines is 1. The first kappa shape index (κ1) is 18.7. The summed E-state index contributed by atoms with van der Waals surface area (Å²) in [6.07, 6.45) is -2.78. The van der Waals surface area contributed by atoms with Crippen LogP contribution >= 0.6 is 0 Å². The van der Waals surface area contributed by atoms with Crippen molar-refractivity contribution in [2.45, 2.75) is 26.6 Å². The highest BCUT2D eigenvalue weighted by molar-refractivity contribution is 6.04. The van der Waals surface area contributed by atoms with Crippen LogP contribution in [0.25, 0.3) is 0 Å². The van der Waals surface area contributed by atoms with Gasteiger partial charge in [-0.15, -0.1) is 0 Å². The fourth-order valence-corrected chi connectivity index (χ4v) is 2.76. The van der Waals surface area contributed by atoms with Crippen molar-refractivity contribution in [1.82, 2.24) is 19.6 Å². The summed E-state index contributed by atoms with van der Waals surface area (Å²) < 4.78 is 41.6. The number of nitrogens with zero attached hydrogens (tertiary/aromatic N) is 4. The Morgan fingerprint density at radius 2 is 1.93 bits per heavy atom. The van der Waals surface area contributed by atoms with E-state index in [1.54, 1.807) is 48.6 Å². The molecule has 0 aliphatic heterocycles. The smallest absolute Gasteiger partial charge is 0.305 e. The number of rotatable bonds is 4. The summed E-state index contributed by atoms with van der Waals surface area (Å²) in [5.41, 5.74) is 1.51. The third kappa shape index (κ3) is 4.18. The molecule has 0 aliphatic carbocycles. The zero-order chi connectivity index (χ0) is 19.8. The third-order valence-electron chi connectivity index (χ3n) is 4.07. The number of carbonyl (C=O) groups is 1. The van der Waals surface area contributed by atoms with Crippen molar-refractivity contribution < 1.29 is 18.0 Å². The van der Waals surface area contributed by atoms with E-state index in [1.807, 2.05) is 0 Å². The molecule has 0 saturated carbocycles. The minimum Gasteiger partial charge on any atom is -0.305 e. The maximum absolute atomic E-state index is 12.9. The highest BCUT2D eigenvalue weighted by Gasteiger charge is 2.30. The summed E-state index contributed by atoms with van der Waals surface area (Å²) in [6.45, 7) is 3.66. The molecule has 3 rings (SSSR count). The topological polar surface area (TPSA) is 64.7 Å². The van der Waals surface area contributed by atoms with Crippen LogP contribution in [-0.2, 0) is 19.8 Å². The molecule has 9 heteroatoms. The van der Waals surface area contributed by atoms with Gasteiger partial charge in [0.05, 0.1) is 23.4 Å². The van der Waals surface area contributed by atoms with E-state index >= 15 is 0 Å². The lowest BCUT2D eigenvalue weighted by atomic mass is 10.1. The Morgan fingerprint density at radius 1 is 1.19 bits per heavy atom. The van der Waals surface area contributed by atoms with Crippen LogP contribution in [-0.4, -0.2) is 25.5 Å². The first-order chi connectivity index (χ1) is 12.6. The lowest BCUT2D eigenvalue weighted by molar-refractivity contribution is -0.137. The van der Waals surface area contributed by atoms with Crippen molar-refractivity contribution in [3.05, 3.63) is 64.6 Å². The molecule has 0 bridgehead atoms. The summed E-state index contributed by atoms with van der Waals surface area (Å²) in [6, 6.07) is 6.76. The lowest BCUT2D eigenvalue weighted by Crippen LogP contribution is -2.13. The predicted octanol–water partition coefficient (Wildman–Crippen LogP) is 3.55. The van der Waals surface area contributed by atoms with Gasteiger partial charge < -0.3 is 5.32 Å². The van der Waals surface area contributed by atoms with Crippen molar-refractivity contribution in [3.63, 3.8) is 0 Å². The molecular weight excluding hydrogens is 359 g/mol. The summed E-state index contributed by atoms with van der Waals surface area (Å²) in [7, 11) is 1.72. The molecule has 0 radical (unpaired) electrons. The van der Waals surface area contributed by atoms with E-state index in [4.69, 9.17) is 0 Å². The van der Waals surface area contributed by atoms with Crippen LogP contribution in [0.15, 0.2) is 36.5 Å². The molecule has 1 amide bonds. The molecule has 0 unspecified atom stereocenters. The summed E-state index contributed by atoms with van der Waals surface area (Å²) in [5.74, 6) is -0.0166. The van der Waals surface area contributed by atoms with Crippen molar-refractivity contribution in [1.29, 1.82) is 0 Å². The number of halogens is 3. The summed E-state index contributed by atoms with van der Waals surface area (Å²) in [4.78, 5) is 12.3. The molecule has 0 fully saturated rings. The average Bonchev–Trinajstić information content (AvgIpc) is 3.08. The molecule has 2 aromatic heterocycles. The van der Waals surface area contributed by atoms with Gasteiger partial charge in [-0.3, -0.25) is 14.2 Å². The molecule has 1 aromatic carbocycles. The Hall–Kier alpha value is -3.10. The molecule has 142 valence electrons. The Bertz CT molecular complexity index is 987. The minimum absolute atomic E-state index is 0.164. The monoisotopic (exact) mass is 377 g/mol. The van der Waals surface area contributed by atoms with Gasteiger partial charge >= 0.3 is 6.18 Å². The fraction of sp³-hybridized carbons (Fsp3) is 0.278. The van der Waals surface area contributed by atoms with Crippen molar-refractivity contribution in [3.8, 4) is 0 Å². The van der Waals surface area contributed by atoms with Crippen LogP contribution in [0.4, 0.5) is 19.0 Å². The largest absolute Gasteiger partial charge is 0.416 e. The van der Waals surface area contributed by atoms with Gasteiger partial charge in [0.2, 0.25) is 0 Å². The number of carbonyl (C=O) groups excluding carboxylic acids is 1. The Kier molecular flexibility index (Phi) is 4.77. The quantitative estimate of drug-likeness (QED) is 0.756. The highest BCUT2D eigenvalue weighted by atomic mass is 19.4.